The Labute approximate surface area is 139 Å². The van der Waals surface area contributed by atoms with Crippen molar-refractivity contribution in [1.82, 2.24) is 0 Å². The van der Waals surface area contributed by atoms with Crippen LogP contribution in [0.2, 0.25) is 5.02 Å². The molecule has 1 atom stereocenters. The van der Waals surface area contributed by atoms with Gasteiger partial charge >= 0.3 is 0 Å². The maximum atomic E-state index is 6.31. The van der Waals surface area contributed by atoms with E-state index in [-0.39, 0.29) is 11.7 Å². The third kappa shape index (κ3) is 3.49. The minimum absolute atomic E-state index is 0.134. The predicted molar refractivity (Wildman–Crippen MR) is 89.0 cm³/mol. The molecule has 1 unspecified atom stereocenters. The lowest BCUT2D eigenvalue weighted by molar-refractivity contribution is -0.0748. The molecule has 116 valence electrons. The molecule has 2 N–H and O–H groups in total. The number of rotatable bonds is 3. The molecule has 1 aromatic rings. The van der Waals surface area contributed by atoms with Crippen LogP contribution in [0, 0.1) is 0 Å². The van der Waals surface area contributed by atoms with Crippen molar-refractivity contribution in [3.8, 4) is 5.75 Å². The molecule has 1 heterocycles. The van der Waals surface area contributed by atoms with Crippen LogP contribution >= 0.6 is 27.5 Å². The highest BCUT2D eigenvalue weighted by molar-refractivity contribution is 9.10. The summed E-state index contributed by atoms with van der Waals surface area (Å²) in [6, 6.07) is 3.51. The van der Waals surface area contributed by atoms with Crippen molar-refractivity contribution >= 4 is 33.2 Å². The molecule has 5 heteroatoms. The molecule has 3 nitrogen and oxygen atoms in total. The lowest BCUT2D eigenvalue weighted by Crippen LogP contribution is -2.32. The predicted octanol–water partition coefficient (Wildman–Crippen LogP) is 4.95. The van der Waals surface area contributed by atoms with E-state index in [0.29, 0.717) is 23.1 Å². The molecule has 1 spiro atoms. The number of halogens is 2. The van der Waals surface area contributed by atoms with Gasteiger partial charge in [0.15, 0.2) is 5.75 Å². The second-order valence-corrected chi connectivity index (χ2v) is 7.43. The summed E-state index contributed by atoms with van der Waals surface area (Å²) in [5.74, 6) is 0.660. The largest absolute Gasteiger partial charge is 0.488 e. The van der Waals surface area contributed by atoms with Crippen LogP contribution in [0.5, 0.6) is 5.75 Å². The Morgan fingerprint density at radius 2 is 2.05 bits per heavy atom. The molecule has 0 bridgehead atoms. The first-order valence-corrected chi connectivity index (χ1v) is 8.80. The fourth-order valence-electron chi connectivity index (χ4n) is 3.49. The standard InChI is InChI=1S/C16H21BrClNO2/c17-13-8-11(18)9-14(19)15(13)20-10-12-4-7-16(21-12)5-2-1-3-6-16/h8-9,12H,1-7,10,19H2. The van der Waals surface area contributed by atoms with Crippen LogP contribution in [0.15, 0.2) is 16.6 Å². The van der Waals surface area contributed by atoms with Gasteiger partial charge in [-0.05, 0) is 53.7 Å². The fraction of sp³-hybridized carbons (Fsp3) is 0.625. The van der Waals surface area contributed by atoms with E-state index in [1.54, 1.807) is 12.1 Å². The van der Waals surface area contributed by atoms with Gasteiger partial charge in [-0.3, -0.25) is 0 Å². The maximum Gasteiger partial charge on any atom is 0.156 e. The van der Waals surface area contributed by atoms with Gasteiger partial charge < -0.3 is 15.2 Å². The molecular formula is C16H21BrClNO2. The summed E-state index contributed by atoms with van der Waals surface area (Å²) in [5, 5.41) is 0.602. The normalized spacial score (nSPS) is 24.4. The SMILES string of the molecule is Nc1cc(Cl)cc(Br)c1OCC1CCC2(CCCCC2)O1. The number of hydrogen-bond acceptors (Lipinski definition) is 3. The van der Waals surface area contributed by atoms with Crippen molar-refractivity contribution in [3.63, 3.8) is 0 Å². The summed E-state index contributed by atoms with van der Waals surface area (Å²) in [6.07, 6.45) is 8.76. The molecule has 1 aromatic carbocycles. The summed E-state index contributed by atoms with van der Waals surface area (Å²) in [4.78, 5) is 0. The van der Waals surface area contributed by atoms with E-state index in [0.717, 1.165) is 17.3 Å². The van der Waals surface area contributed by atoms with E-state index in [2.05, 4.69) is 15.9 Å². The summed E-state index contributed by atoms with van der Waals surface area (Å²) in [6.45, 7) is 0.548. The van der Waals surface area contributed by atoms with Crippen LogP contribution < -0.4 is 10.5 Å². The summed E-state index contributed by atoms with van der Waals surface area (Å²) < 4.78 is 13.0. The zero-order valence-corrected chi connectivity index (χ0v) is 14.4. The Bertz CT molecular complexity index is 494. The van der Waals surface area contributed by atoms with Crippen molar-refractivity contribution in [2.45, 2.75) is 56.7 Å². The van der Waals surface area contributed by atoms with Gasteiger partial charge in [0.25, 0.3) is 0 Å². The van der Waals surface area contributed by atoms with Gasteiger partial charge in [-0.1, -0.05) is 30.9 Å². The van der Waals surface area contributed by atoms with Crippen LogP contribution in [-0.2, 0) is 4.74 Å². The smallest absolute Gasteiger partial charge is 0.156 e. The molecule has 3 rings (SSSR count). The topological polar surface area (TPSA) is 44.5 Å². The van der Waals surface area contributed by atoms with Gasteiger partial charge in [-0.2, -0.15) is 0 Å². The van der Waals surface area contributed by atoms with Crippen LogP contribution in [-0.4, -0.2) is 18.3 Å². The average molecular weight is 375 g/mol. The number of hydrogen-bond donors (Lipinski definition) is 1. The molecule has 0 amide bonds. The molecular weight excluding hydrogens is 354 g/mol. The fourth-order valence-corrected chi connectivity index (χ4v) is 4.43. The first kappa shape index (κ1) is 15.4. The van der Waals surface area contributed by atoms with Crippen molar-refractivity contribution in [3.05, 3.63) is 21.6 Å². The Morgan fingerprint density at radius 3 is 2.76 bits per heavy atom. The third-order valence-electron chi connectivity index (χ3n) is 4.55. The molecule has 1 saturated heterocycles. The second-order valence-electron chi connectivity index (χ2n) is 6.14. The van der Waals surface area contributed by atoms with E-state index < -0.39 is 0 Å². The highest BCUT2D eigenvalue weighted by atomic mass is 79.9. The Balaban J connectivity index is 1.59. The molecule has 1 saturated carbocycles. The zero-order chi connectivity index (χ0) is 14.9. The molecule has 1 aliphatic carbocycles. The zero-order valence-electron chi connectivity index (χ0n) is 12.0. The Hall–Kier alpha value is -0.450. The second kappa shape index (κ2) is 6.35. The van der Waals surface area contributed by atoms with Crippen LogP contribution in [0.4, 0.5) is 5.69 Å². The number of nitrogens with two attached hydrogens (primary N) is 1. The lowest BCUT2D eigenvalue weighted by Gasteiger charge is -2.33. The van der Waals surface area contributed by atoms with E-state index >= 15 is 0 Å². The average Bonchev–Trinajstić information content (AvgIpc) is 2.81. The molecule has 0 aromatic heterocycles. The van der Waals surface area contributed by atoms with Crippen molar-refractivity contribution in [1.29, 1.82) is 0 Å². The number of ether oxygens (including phenoxy) is 2. The lowest BCUT2D eigenvalue weighted by atomic mass is 9.83. The van der Waals surface area contributed by atoms with E-state index in [1.807, 2.05) is 0 Å². The summed E-state index contributed by atoms with van der Waals surface area (Å²) in [7, 11) is 0. The first-order valence-electron chi connectivity index (χ1n) is 7.63. The van der Waals surface area contributed by atoms with Crippen LogP contribution in [0.1, 0.15) is 44.9 Å². The van der Waals surface area contributed by atoms with Gasteiger partial charge in [0.05, 0.1) is 21.9 Å². The van der Waals surface area contributed by atoms with Crippen molar-refractivity contribution in [2.24, 2.45) is 0 Å². The van der Waals surface area contributed by atoms with Gasteiger partial charge in [0.1, 0.15) is 6.61 Å². The molecule has 2 fully saturated rings. The van der Waals surface area contributed by atoms with E-state index in [9.17, 15) is 0 Å². The van der Waals surface area contributed by atoms with Crippen LogP contribution in [0.25, 0.3) is 0 Å². The van der Waals surface area contributed by atoms with Gasteiger partial charge in [0.2, 0.25) is 0 Å². The number of anilines is 1. The van der Waals surface area contributed by atoms with Gasteiger partial charge in [0, 0.05) is 5.02 Å². The van der Waals surface area contributed by atoms with Crippen molar-refractivity contribution in [2.75, 3.05) is 12.3 Å². The third-order valence-corrected chi connectivity index (χ3v) is 5.36. The molecule has 2 aliphatic rings. The number of nitrogen functional groups attached to an aromatic ring is 1. The highest BCUT2D eigenvalue weighted by Gasteiger charge is 2.41. The first-order chi connectivity index (χ1) is 10.1. The summed E-state index contributed by atoms with van der Waals surface area (Å²) in [5.41, 5.74) is 6.65. The van der Waals surface area contributed by atoms with E-state index in [4.69, 9.17) is 26.8 Å². The molecule has 0 radical (unpaired) electrons. The van der Waals surface area contributed by atoms with Crippen molar-refractivity contribution < 1.29 is 9.47 Å². The molecule has 21 heavy (non-hydrogen) atoms. The highest BCUT2D eigenvalue weighted by Crippen LogP contribution is 2.42. The quantitative estimate of drug-likeness (QED) is 0.762. The number of benzene rings is 1. The minimum atomic E-state index is 0.134. The monoisotopic (exact) mass is 373 g/mol. The summed E-state index contributed by atoms with van der Waals surface area (Å²) >= 11 is 9.40. The van der Waals surface area contributed by atoms with Crippen LogP contribution in [0.3, 0.4) is 0 Å². The molecule has 1 aliphatic heterocycles. The van der Waals surface area contributed by atoms with Gasteiger partial charge in [-0.15, -0.1) is 0 Å². The minimum Gasteiger partial charge on any atom is -0.488 e. The Morgan fingerprint density at radius 1 is 1.29 bits per heavy atom. The van der Waals surface area contributed by atoms with E-state index in [1.165, 1.54) is 32.1 Å². The van der Waals surface area contributed by atoms with Gasteiger partial charge in [-0.25, -0.2) is 0 Å². The maximum absolute atomic E-state index is 6.31. The Kier molecular flexibility index (Phi) is 4.67.